The average Bonchev–Trinajstić information content (AvgIpc) is 2.89. The Morgan fingerprint density at radius 2 is 1.35 bits per heavy atom. The van der Waals surface area contributed by atoms with Crippen molar-refractivity contribution in [2.45, 2.75) is 0 Å². The molecule has 0 aromatic heterocycles. The molecule has 160 valence electrons. The maximum absolute atomic E-state index is 11.5. The maximum atomic E-state index is 11.5. The number of nitrogens with one attached hydrogen (secondary N) is 1. The minimum Gasteiger partial charge on any atom is -0.352 e. The number of allylic oxidation sites excluding steroid dienone is 4. The summed E-state index contributed by atoms with van der Waals surface area (Å²) in [6, 6.07) is 30.4. The van der Waals surface area contributed by atoms with Gasteiger partial charge in [0.05, 0.1) is 21.9 Å². The molecule has 1 aliphatic heterocycles. The third-order valence-electron chi connectivity index (χ3n) is 5.31. The van der Waals surface area contributed by atoms with Gasteiger partial charge in [-0.3, -0.25) is 10.1 Å². The van der Waals surface area contributed by atoms with Gasteiger partial charge in [0.25, 0.3) is 5.69 Å². The Morgan fingerprint density at radius 1 is 0.765 bits per heavy atom. The lowest BCUT2D eigenvalue weighted by molar-refractivity contribution is -0.384. The van der Waals surface area contributed by atoms with Crippen LogP contribution in [0.25, 0.3) is 16.8 Å². The summed E-state index contributed by atoms with van der Waals surface area (Å²) in [5.74, 6) is 0. The lowest BCUT2D eigenvalue weighted by Crippen LogP contribution is -2.22. The van der Waals surface area contributed by atoms with Crippen LogP contribution in [0, 0.1) is 44.1 Å². The molecular formula is C27H15N5O2. The minimum atomic E-state index is -0.506. The van der Waals surface area contributed by atoms with Gasteiger partial charge >= 0.3 is 0 Å². The molecule has 1 heterocycles. The molecule has 3 aromatic rings. The number of nitro benzene ring substituents is 1. The summed E-state index contributed by atoms with van der Waals surface area (Å²) in [6.07, 6.45) is 0. The number of nitrogens with zero attached hydrogens (tertiary/aromatic N) is 4. The van der Waals surface area contributed by atoms with E-state index in [-0.39, 0.29) is 22.5 Å². The quantitative estimate of drug-likeness (QED) is 0.330. The highest BCUT2D eigenvalue weighted by atomic mass is 16.6. The Morgan fingerprint density at radius 3 is 1.91 bits per heavy atom. The molecule has 34 heavy (non-hydrogen) atoms. The maximum Gasteiger partial charge on any atom is 0.270 e. The van der Waals surface area contributed by atoms with Gasteiger partial charge < -0.3 is 5.32 Å². The number of hydrogen-bond acceptors (Lipinski definition) is 6. The predicted molar refractivity (Wildman–Crippen MR) is 127 cm³/mol. The summed E-state index contributed by atoms with van der Waals surface area (Å²) in [5, 5.41) is 44.0. The van der Waals surface area contributed by atoms with E-state index in [4.69, 9.17) is 0 Å². The van der Waals surface area contributed by atoms with E-state index in [9.17, 15) is 25.9 Å². The van der Waals surface area contributed by atoms with Crippen molar-refractivity contribution in [3.05, 3.63) is 129 Å². The summed E-state index contributed by atoms with van der Waals surface area (Å²) in [4.78, 5) is 11.0. The van der Waals surface area contributed by atoms with Gasteiger partial charge in [0.1, 0.15) is 18.2 Å². The zero-order valence-corrected chi connectivity index (χ0v) is 17.7. The van der Waals surface area contributed by atoms with Crippen LogP contribution >= 0.6 is 0 Å². The molecular weight excluding hydrogens is 426 g/mol. The van der Waals surface area contributed by atoms with Crippen LogP contribution in [0.3, 0.4) is 0 Å². The van der Waals surface area contributed by atoms with Gasteiger partial charge in [-0.1, -0.05) is 72.8 Å². The van der Waals surface area contributed by atoms with Gasteiger partial charge in [-0.2, -0.15) is 15.8 Å². The minimum absolute atomic E-state index is 0.0529. The fourth-order valence-corrected chi connectivity index (χ4v) is 3.84. The molecule has 0 atom stereocenters. The second kappa shape index (κ2) is 9.36. The summed E-state index contributed by atoms with van der Waals surface area (Å²) in [7, 11) is 0. The number of nitriles is 3. The highest BCUT2D eigenvalue weighted by molar-refractivity contribution is 6.18. The smallest absolute Gasteiger partial charge is 0.270 e. The molecule has 1 N–H and O–H groups in total. The molecule has 0 aliphatic carbocycles. The van der Waals surface area contributed by atoms with Crippen LogP contribution in [0.2, 0.25) is 0 Å². The third kappa shape index (κ3) is 3.91. The van der Waals surface area contributed by atoms with Crippen molar-refractivity contribution in [1.29, 1.82) is 15.8 Å². The molecule has 0 spiro atoms. The second-order valence-corrected chi connectivity index (χ2v) is 7.25. The van der Waals surface area contributed by atoms with Crippen LogP contribution in [0.15, 0.2) is 102 Å². The zero-order chi connectivity index (χ0) is 24.1. The van der Waals surface area contributed by atoms with Crippen molar-refractivity contribution < 1.29 is 4.92 Å². The van der Waals surface area contributed by atoms with Crippen LogP contribution in [0.4, 0.5) is 5.69 Å². The van der Waals surface area contributed by atoms with E-state index in [2.05, 4.69) is 11.4 Å². The lowest BCUT2D eigenvalue weighted by atomic mass is 9.82. The van der Waals surface area contributed by atoms with Gasteiger partial charge in [-0.05, 0) is 16.7 Å². The largest absolute Gasteiger partial charge is 0.352 e. The highest BCUT2D eigenvalue weighted by Gasteiger charge is 2.30. The van der Waals surface area contributed by atoms with Gasteiger partial charge in [-0.15, -0.1) is 0 Å². The van der Waals surface area contributed by atoms with Crippen molar-refractivity contribution in [3.63, 3.8) is 0 Å². The van der Waals surface area contributed by atoms with Crippen molar-refractivity contribution in [1.82, 2.24) is 5.32 Å². The van der Waals surface area contributed by atoms with Crippen LogP contribution in [-0.2, 0) is 0 Å². The second-order valence-electron chi connectivity index (χ2n) is 7.25. The first-order valence-electron chi connectivity index (χ1n) is 10.2. The fourth-order valence-electron chi connectivity index (χ4n) is 3.84. The summed E-state index contributed by atoms with van der Waals surface area (Å²) >= 11 is 0. The van der Waals surface area contributed by atoms with E-state index in [1.165, 1.54) is 12.1 Å². The van der Waals surface area contributed by atoms with Gasteiger partial charge in [0.2, 0.25) is 0 Å². The normalized spacial score (nSPS) is 12.8. The summed E-state index contributed by atoms with van der Waals surface area (Å²) in [6.45, 7) is 0. The molecule has 4 rings (SSSR count). The van der Waals surface area contributed by atoms with Crippen LogP contribution in [0.1, 0.15) is 16.7 Å². The number of benzene rings is 3. The molecule has 0 amide bonds. The molecule has 0 saturated heterocycles. The molecule has 0 bridgehead atoms. The Kier molecular flexibility index (Phi) is 5.99. The number of non-ortho nitro benzene ring substituents is 1. The van der Waals surface area contributed by atoms with Crippen LogP contribution in [-0.4, -0.2) is 4.92 Å². The first-order chi connectivity index (χ1) is 16.6. The Balaban J connectivity index is 2.19. The molecule has 0 unspecified atom stereocenters. The first kappa shape index (κ1) is 21.8. The number of rotatable bonds is 4. The van der Waals surface area contributed by atoms with E-state index in [1.54, 1.807) is 12.1 Å². The van der Waals surface area contributed by atoms with E-state index in [1.807, 2.05) is 72.8 Å². The molecule has 7 heteroatoms. The van der Waals surface area contributed by atoms with E-state index in [0.717, 1.165) is 11.1 Å². The van der Waals surface area contributed by atoms with E-state index in [0.29, 0.717) is 22.4 Å². The standard InChI is InChI=1S/C27H15N5O2/c28-15-21(16-29)26-23(17-30)24(20-12-7-13-22(14-20)32(33)34)25(18-8-3-1-4-9-18)27(31-26)19-10-5-2-6-11-19/h1-14,31H. The highest BCUT2D eigenvalue weighted by Crippen LogP contribution is 2.44. The Labute approximate surface area is 195 Å². The SMILES string of the molecule is N#CC(C#N)=C1NC(c2ccccc2)=C(c2ccccc2)C(c2cccc([N+](=O)[O-])c2)=C1C#N. The van der Waals surface area contributed by atoms with Crippen molar-refractivity contribution in [2.24, 2.45) is 0 Å². The van der Waals surface area contributed by atoms with Crippen molar-refractivity contribution >= 4 is 22.5 Å². The van der Waals surface area contributed by atoms with Crippen LogP contribution < -0.4 is 5.32 Å². The van der Waals surface area contributed by atoms with E-state index < -0.39 is 4.92 Å². The molecule has 0 fully saturated rings. The zero-order valence-electron chi connectivity index (χ0n) is 17.7. The fraction of sp³-hybridized carbons (Fsp3) is 0. The van der Waals surface area contributed by atoms with Crippen molar-refractivity contribution in [2.75, 3.05) is 0 Å². The summed E-state index contributed by atoms with van der Waals surface area (Å²) < 4.78 is 0. The number of hydrogen-bond donors (Lipinski definition) is 1. The van der Waals surface area contributed by atoms with Gasteiger partial charge in [0, 0.05) is 23.3 Å². The summed E-state index contributed by atoms with van der Waals surface area (Å²) in [5.41, 5.74) is 3.26. The van der Waals surface area contributed by atoms with Crippen LogP contribution in [0.5, 0.6) is 0 Å². The molecule has 7 nitrogen and oxygen atoms in total. The first-order valence-corrected chi connectivity index (χ1v) is 10.2. The van der Waals surface area contributed by atoms with E-state index >= 15 is 0 Å². The Bertz CT molecular complexity index is 1500. The molecule has 3 aromatic carbocycles. The van der Waals surface area contributed by atoms with Gasteiger partial charge in [-0.25, -0.2) is 0 Å². The average molecular weight is 441 g/mol. The van der Waals surface area contributed by atoms with Crippen molar-refractivity contribution in [3.8, 4) is 18.2 Å². The number of nitro groups is 1. The topological polar surface area (TPSA) is 127 Å². The lowest BCUT2D eigenvalue weighted by Gasteiger charge is -2.28. The molecule has 0 radical (unpaired) electrons. The predicted octanol–water partition coefficient (Wildman–Crippen LogP) is 5.34. The monoisotopic (exact) mass is 441 g/mol. The molecule has 0 saturated carbocycles. The van der Waals surface area contributed by atoms with Gasteiger partial charge in [0.15, 0.2) is 5.57 Å². The number of dihydropyridines is 1. The third-order valence-corrected chi connectivity index (χ3v) is 5.31. The Hall–Kier alpha value is -5.45. The molecule has 1 aliphatic rings.